The number of likely N-dealkylation sites (tertiary alicyclic amines) is 1. The van der Waals surface area contributed by atoms with Crippen LogP contribution in [-0.4, -0.2) is 73.1 Å². The lowest BCUT2D eigenvalue weighted by Crippen LogP contribution is -2.48. The normalized spacial score (nSPS) is 17.9. The number of nitrogens with one attached hydrogen (secondary N) is 1. The molecule has 1 aliphatic rings. The summed E-state index contributed by atoms with van der Waals surface area (Å²) in [6, 6.07) is 4.91. The Morgan fingerprint density at radius 3 is 2.51 bits per heavy atom. The van der Waals surface area contributed by atoms with Crippen LogP contribution in [0.4, 0.5) is 10.5 Å². The van der Waals surface area contributed by atoms with Crippen molar-refractivity contribution in [3.05, 3.63) is 28.6 Å². The Morgan fingerprint density at radius 2 is 1.84 bits per heavy atom. The molecule has 1 saturated heterocycles. The highest BCUT2D eigenvalue weighted by Crippen LogP contribution is 2.30. The van der Waals surface area contributed by atoms with Gasteiger partial charge in [-0.05, 0) is 45.2 Å². The van der Waals surface area contributed by atoms with Crippen LogP contribution in [0.5, 0.6) is 11.5 Å². The fourth-order valence-corrected chi connectivity index (χ4v) is 4.28. The van der Waals surface area contributed by atoms with E-state index >= 15 is 0 Å². The number of ether oxygens (including phenoxy) is 4. The summed E-state index contributed by atoms with van der Waals surface area (Å²) in [5.41, 5.74) is 6.12. The van der Waals surface area contributed by atoms with Gasteiger partial charge in [0, 0.05) is 37.8 Å². The number of rotatable bonds is 8. The number of pyridine rings is 1. The quantitative estimate of drug-likeness (QED) is 0.402. The van der Waals surface area contributed by atoms with Crippen molar-refractivity contribution in [1.82, 2.24) is 14.8 Å². The van der Waals surface area contributed by atoms with Crippen LogP contribution in [0.3, 0.4) is 0 Å². The molecule has 37 heavy (non-hydrogen) atoms. The maximum absolute atomic E-state index is 12.8. The van der Waals surface area contributed by atoms with Gasteiger partial charge >= 0.3 is 6.09 Å². The van der Waals surface area contributed by atoms with Crippen molar-refractivity contribution in [3.63, 3.8) is 0 Å². The smallest absolute Gasteiger partial charge is 0.410 e. The molecular weight excluding hydrogens is 480 g/mol. The van der Waals surface area contributed by atoms with E-state index in [1.165, 1.54) is 11.6 Å². The molecule has 0 saturated carbocycles. The van der Waals surface area contributed by atoms with Gasteiger partial charge in [0.05, 0.1) is 24.8 Å². The Morgan fingerprint density at radius 1 is 1.11 bits per heavy atom. The number of aryl methyl sites for hydroxylation is 1. The highest BCUT2D eigenvalue weighted by Gasteiger charge is 2.31. The van der Waals surface area contributed by atoms with Crippen LogP contribution < -0.4 is 26.1 Å². The Bertz CT molecular complexity index is 1190. The summed E-state index contributed by atoms with van der Waals surface area (Å²) < 4.78 is 24.3. The molecule has 11 nitrogen and oxygen atoms in total. The monoisotopic (exact) mass is 518 g/mol. The van der Waals surface area contributed by atoms with E-state index in [0.717, 1.165) is 6.42 Å². The lowest BCUT2D eigenvalue weighted by atomic mass is 9.98. The molecule has 1 aromatic heterocycles. The van der Waals surface area contributed by atoms with Crippen LogP contribution in [0.15, 0.2) is 23.0 Å². The molecular formula is C26H38N4O7. The van der Waals surface area contributed by atoms with Crippen molar-refractivity contribution >= 4 is 28.6 Å². The third-order valence-corrected chi connectivity index (χ3v) is 5.87. The van der Waals surface area contributed by atoms with Crippen molar-refractivity contribution in [3.8, 4) is 11.5 Å². The average molecular weight is 519 g/mol. The van der Waals surface area contributed by atoms with E-state index in [1.54, 1.807) is 30.1 Å². The lowest BCUT2D eigenvalue weighted by molar-refractivity contribution is -0.122. The number of hydrogen-bond acceptors (Lipinski definition) is 8. The SMILES string of the molecule is CNC(=O)COc1cc2cc(N)cc(OCCO[C@H]3C[C@@H](C)CN(C(=O)OC(C)(C)C)C3)c2n(C)c1=O. The number of nitrogens with zero attached hydrogens (tertiary/aromatic N) is 2. The maximum atomic E-state index is 12.8. The number of anilines is 1. The molecule has 0 unspecified atom stereocenters. The van der Waals surface area contributed by atoms with E-state index in [1.807, 2.05) is 20.8 Å². The zero-order valence-electron chi connectivity index (χ0n) is 22.5. The van der Waals surface area contributed by atoms with Gasteiger partial charge < -0.3 is 39.5 Å². The number of hydrogen-bond donors (Lipinski definition) is 2. The molecule has 0 spiro atoms. The Kier molecular flexibility index (Phi) is 8.90. The van der Waals surface area contributed by atoms with Gasteiger partial charge in [0.15, 0.2) is 12.4 Å². The van der Waals surface area contributed by atoms with Gasteiger partial charge in [0.1, 0.15) is 18.0 Å². The summed E-state index contributed by atoms with van der Waals surface area (Å²) >= 11 is 0. The number of nitrogen functional groups attached to an aromatic ring is 1. The predicted molar refractivity (Wildman–Crippen MR) is 140 cm³/mol. The van der Waals surface area contributed by atoms with Gasteiger partial charge in [0.2, 0.25) is 0 Å². The van der Waals surface area contributed by atoms with Crippen molar-refractivity contribution < 1.29 is 28.5 Å². The van der Waals surface area contributed by atoms with Crippen LogP contribution in [0, 0.1) is 5.92 Å². The predicted octanol–water partition coefficient (Wildman–Crippen LogP) is 2.29. The maximum Gasteiger partial charge on any atom is 0.410 e. The number of fused-ring (bicyclic) bond motifs is 1. The van der Waals surface area contributed by atoms with Crippen molar-refractivity contribution in [2.24, 2.45) is 13.0 Å². The van der Waals surface area contributed by atoms with Crippen LogP contribution in [0.1, 0.15) is 34.1 Å². The van der Waals surface area contributed by atoms with Gasteiger partial charge in [-0.15, -0.1) is 0 Å². The fraction of sp³-hybridized carbons (Fsp3) is 0.577. The zero-order chi connectivity index (χ0) is 27.3. The number of piperidine rings is 1. The number of benzene rings is 1. The second-order valence-corrected chi connectivity index (χ2v) is 10.4. The number of amides is 2. The van der Waals surface area contributed by atoms with Gasteiger partial charge in [-0.25, -0.2) is 4.79 Å². The minimum absolute atomic E-state index is 0.0412. The minimum atomic E-state index is -0.556. The van der Waals surface area contributed by atoms with Gasteiger partial charge in [0.25, 0.3) is 11.5 Å². The number of likely N-dealkylation sites (N-methyl/N-ethyl adjacent to an activating group) is 1. The average Bonchev–Trinajstić information content (AvgIpc) is 2.81. The van der Waals surface area contributed by atoms with Crippen LogP contribution >= 0.6 is 0 Å². The summed E-state index contributed by atoms with van der Waals surface area (Å²) in [6.45, 7) is 8.93. The molecule has 2 amide bonds. The zero-order valence-corrected chi connectivity index (χ0v) is 22.5. The number of carbonyl (C=O) groups is 2. The Hall–Kier alpha value is -3.47. The van der Waals surface area contributed by atoms with E-state index in [4.69, 9.17) is 24.7 Å². The molecule has 11 heteroatoms. The topological polar surface area (TPSA) is 134 Å². The van der Waals surface area contributed by atoms with Gasteiger partial charge in [-0.2, -0.15) is 0 Å². The van der Waals surface area contributed by atoms with Crippen LogP contribution in [-0.2, 0) is 21.3 Å². The van der Waals surface area contributed by atoms with Gasteiger partial charge in [-0.3, -0.25) is 9.59 Å². The minimum Gasteiger partial charge on any atom is -0.489 e. The number of carbonyl (C=O) groups excluding carboxylic acids is 2. The molecule has 3 rings (SSSR count). The van der Waals surface area contributed by atoms with Gasteiger partial charge in [-0.1, -0.05) is 6.92 Å². The first-order valence-electron chi connectivity index (χ1n) is 12.4. The molecule has 1 fully saturated rings. The Balaban J connectivity index is 1.65. The van der Waals surface area contributed by atoms with Crippen molar-refractivity contribution in [2.75, 3.05) is 45.7 Å². The molecule has 2 heterocycles. The summed E-state index contributed by atoms with van der Waals surface area (Å²) in [5, 5.41) is 3.08. The van der Waals surface area contributed by atoms with Crippen molar-refractivity contribution in [1.29, 1.82) is 0 Å². The van der Waals surface area contributed by atoms with Crippen LogP contribution in [0.25, 0.3) is 10.9 Å². The van der Waals surface area contributed by atoms with E-state index in [0.29, 0.717) is 35.4 Å². The van der Waals surface area contributed by atoms with E-state index in [-0.39, 0.29) is 49.6 Å². The largest absolute Gasteiger partial charge is 0.489 e. The van der Waals surface area contributed by atoms with Crippen LogP contribution in [0.2, 0.25) is 0 Å². The standard InChI is InChI=1S/C26H38N4O7/c1-16-9-19(14-30(13-16)25(33)37-26(2,3)4)34-7-8-35-20-12-18(27)10-17-11-21(36-15-22(31)28-5)24(32)29(6)23(17)20/h10-12,16,19H,7-9,13-15,27H2,1-6H3,(H,28,31)/t16-,19+/m1/s1. The fourth-order valence-electron chi connectivity index (χ4n) is 4.28. The van der Waals surface area contributed by atoms with E-state index in [9.17, 15) is 14.4 Å². The molecule has 1 aliphatic heterocycles. The summed E-state index contributed by atoms with van der Waals surface area (Å²) in [4.78, 5) is 38.5. The lowest BCUT2D eigenvalue weighted by Gasteiger charge is -2.37. The summed E-state index contributed by atoms with van der Waals surface area (Å²) in [7, 11) is 3.09. The molecule has 0 bridgehead atoms. The number of nitrogens with two attached hydrogens (primary N) is 1. The molecule has 0 aliphatic carbocycles. The highest BCUT2D eigenvalue weighted by atomic mass is 16.6. The molecule has 3 N–H and O–H groups in total. The Labute approximate surface area is 216 Å². The highest BCUT2D eigenvalue weighted by molar-refractivity contribution is 5.89. The number of aromatic nitrogens is 1. The second kappa shape index (κ2) is 11.7. The molecule has 204 valence electrons. The molecule has 0 radical (unpaired) electrons. The van der Waals surface area contributed by atoms with E-state index in [2.05, 4.69) is 12.2 Å². The van der Waals surface area contributed by atoms with Crippen molar-refractivity contribution in [2.45, 2.75) is 45.8 Å². The second-order valence-electron chi connectivity index (χ2n) is 10.4. The summed E-state index contributed by atoms with van der Waals surface area (Å²) in [5.74, 6) is 0.405. The first-order valence-corrected chi connectivity index (χ1v) is 12.4. The summed E-state index contributed by atoms with van der Waals surface area (Å²) in [6.07, 6.45) is 0.352. The first kappa shape index (κ1) is 28.1. The molecule has 2 aromatic rings. The third kappa shape index (κ3) is 7.51. The molecule has 2 atom stereocenters. The van der Waals surface area contributed by atoms with E-state index < -0.39 is 11.2 Å². The third-order valence-electron chi connectivity index (χ3n) is 5.87. The molecule has 1 aromatic carbocycles. The first-order chi connectivity index (χ1) is 17.4.